The van der Waals surface area contributed by atoms with Gasteiger partial charge in [0.2, 0.25) is 0 Å². The number of nitrogens with zero attached hydrogens (tertiary/aromatic N) is 2. The fraction of sp³-hybridized carbons (Fsp3) is 0.200. The third-order valence-corrected chi connectivity index (χ3v) is 6.78. The molecule has 0 aromatic heterocycles. The molecular weight excluding hydrogens is 514 g/mol. The summed E-state index contributed by atoms with van der Waals surface area (Å²) < 4.78 is 12.0. The summed E-state index contributed by atoms with van der Waals surface area (Å²) in [6.45, 7) is 8.47. The second-order valence-corrected chi connectivity index (χ2v) is 9.68. The van der Waals surface area contributed by atoms with Gasteiger partial charge in [-0.3, -0.25) is 14.9 Å². The molecule has 9 heteroatoms. The maximum Gasteiger partial charge on any atom is 0.269 e. The Bertz CT molecular complexity index is 1430. The van der Waals surface area contributed by atoms with Gasteiger partial charge >= 0.3 is 0 Å². The van der Waals surface area contributed by atoms with Crippen LogP contribution in [-0.2, 0) is 24.2 Å². The fourth-order valence-corrected chi connectivity index (χ4v) is 4.77. The van der Waals surface area contributed by atoms with E-state index in [0.717, 1.165) is 28.8 Å². The van der Waals surface area contributed by atoms with Gasteiger partial charge < -0.3 is 14.8 Å². The number of carbonyl (C=O) groups excluding carboxylic acids is 1. The summed E-state index contributed by atoms with van der Waals surface area (Å²) in [5.74, 6) is 0.892. The molecule has 0 spiro atoms. The van der Waals surface area contributed by atoms with Gasteiger partial charge in [-0.25, -0.2) is 4.99 Å². The molecule has 0 bridgehead atoms. The van der Waals surface area contributed by atoms with E-state index >= 15 is 0 Å². The Morgan fingerprint density at radius 3 is 2.41 bits per heavy atom. The molecule has 1 fully saturated rings. The monoisotopic (exact) mass is 543 g/mol. The van der Waals surface area contributed by atoms with Crippen LogP contribution in [0.4, 0.5) is 11.4 Å². The highest BCUT2D eigenvalue weighted by Gasteiger charge is 2.24. The number of nitro benzene ring substituents is 1. The summed E-state index contributed by atoms with van der Waals surface area (Å²) in [4.78, 5) is 28.3. The standard InChI is InChI=1S/C30H29N3O5S/c1-4-7-23-16-22(18-27-29(34)32-30(39-27)31-24-12-8-20(5-2)9-13-24)17-26(37-6-3)28(23)38-19-21-10-14-25(15-11-21)33(35)36/h4,8-18H,1,5-7,19H2,2-3H3,(H,31,32,34)/b27-18-. The van der Waals surface area contributed by atoms with Crippen molar-refractivity contribution in [2.45, 2.75) is 33.3 Å². The molecule has 0 radical (unpaired) electrons. The number of nitro groups is 1. The number of amidine groups is 1. The number of non-ortho nitro benzene ring substituents is 1. The number of nitrogens with one attached hydrogen (secondary N) is 1. The van der Waals surface area contributed by atoms with Crippen molar-refractivity contribution in [1.29, 1.82) is 0 Å². The second kappa shape index (κ2) is 12.9. The van der Waals surface area contributed by atoms with Crippen molar-refractivity contribution in [2.75, 3.05) is 6.61 Å². The normalized spacial score (nSPS) is 14.9. The van der Waals surface area contributed by atoms with E-state index in [1.54, 1.807) is 24.3 Å². The molecule has 200 valence electrons. The predicted octanol–water partition coefficient (Wildman–Crippen LogP) is 6.76. The highest BCUT2D eigenvalue weighted by molar-refractivity contribution is 8.18. The molecule has 8 nitrogen and oxygen atoms in total. The minimum absolute atomic E-state index is 0.0231. The van der Waals surface area contributed by atoms with Crippen LogP contribution in [0.2, 0.25) is 0 Å². The lowest BCUT2D eigenvalue weighted by atomic mass is 10.0. The van der Waals surface area contributed by atoms with Crippen molar-refractivity contribution >= 4 is 40.3 Å². The molecule has 1 amide bonds. The minimum Gasteiger partial charge on any atom is -0.490 e. The van der Waals surface area contributed by atoms with Gasteiger partial charge in [0.25, 0.3) is 11.6 Å². The van der Waals surface area contributed by atoms with E-state index in [4.69, 9.17) is 9.47 Å². The first-order chi connectivity index (χ1) is 18.9. The van der Waals surface area contributed by atoms with Gasteiger partial charge in [-0.2, -0.15) is 0 Å². The van der Waals surface area contributed by atoms with Gasteiger partial charge in [-0.15, -0.1) is 6.58 Å². The molecule has 0 aliphatic carbocycles. The van der Waals surface area contributed by atoms with Gasteiger partial charge in [-0.05, 0) is 90.7 Å². The van der Waals surface area contributed by atoms with Gasteiger partial charge in [0.05, 0.1) is 22.1 Å². The van der Waals surface area contributed by atoms with E-state index in [2.05, 4.69) is 23.8 Å². The molecule has 1 aliphatic rings. The minimum atomic E-state index is -0.436. The zero-order valence-electron chi connectivity index (χ0n) is 21.8. The number of ether oxygens (including phenoxy) is 2. The first-order valence-corrected chi connectivity index (χ1v) is 13.4. The smallest absolute Gasteiger partial charge is 0.269 e. The number of aryl methyl sites for hydroxylation is 1. The number of aliphatic imine (C=N–C) groups is 1. The van der Waals surface area contributed by atoms with E-state index in [9.17, 15) is 14.9 Å². The number of thioether (sulfide) groups is 1. The van der Waals surface area contributed by atoms with Crippen molar-refractivity contribution in [3.8, 4) is 11.5 Å². The lowest BCUT2D eigenvalue weighted by Gasteiger charge is -2.17. The molecule has 39 heavy (non-hydrogen) atoms. The van der Waals surface area contributed by atoms with Crippen LogP contribution in [0.3, 0.4) is 0 Å². The van der Waals surface area contributed by atoms with E-state index in [0.29, 0.717) is 34.6 Å². The van der Waals surface area contributed by atoms with E-state index in [1.807, 2.05) is 43.3 Å². The first-order valence-electron chi connectivity index (χ1n) is 12.6. The summed E-state index contributed by atoms with van der Waals surface area (Å²) in [7, 11) is 0. The summed E-state index contributed by atoms with van der Waals surface area (Å²) in [5, 5.41) is 14.3. The fourth-order valence-electron chi connectivity index (χ4n) is 3.93. The van der Waals surface area contributed by atoms with Crippen LogP contribution in [0.25, 0.3) is 6.08 Å². The average molecular weight is 544 g/mol. The van der Waals surface area contributed by atoms with E-state index in [-0.39, 0.29) is 18.2 Å². The Morgan fingerprint density at radius 1 is 1.05 bits per heavy atom. The summed E-state index contributed by atoms with van der Waals surface area (Å²) in [6, 6.07) is 17.9. The highest BCUT2D eigenvalue weighted by Crippen LogP contribution is 2.37. The van der Waals surface area contributed by atoms with Crippen molar-refractivity contribution in [2.24, 2.45) is 4.99 Å². The average Bonchev–Trinajstić information content (AvgIpc) is 3.27. The largest absolute Gasteiger partial charge is 0.490 e. The summed E-state index contributed by atoms with van der Waals surface area (Å²) in [6.07, 6.45) is 5.05. The second-order valence-electron chi connectivity index (χ2n) is 8.65. The van der Waals surface area contributed by atoms with Crippen LogP contribution >= 0.6 is 11.8 Å². The number of hydrogen-bond acceptors (Lipinski definition) is 7. The summed E-state index contributed by atoms with van der Waals surface area (Å²) >= 11 is 1.28. The van der Waals surface area contributed by atoms with Crippen LogP contribution < -0.4 is 14.8 Å². The number of carbonyl (C=O) groups is 1. The molecule has 1 heterocycles. The molecule has 0 unspecified atom stereocenters. The lowest BCUT2D eigenvalue weighted by Crippen LogP contribution is -2.19. The Kier molecular flexibility index (Phi) is 9.17. The molecule has 0 saturated carbocycles. The SMILES string of the molecule is C=CCc1cc(/C=C2\SC(=Nc3ccc(CC)cc3)NC2=O)cc(OCC)c1OCc1ccc([N+](=O)[O-])cc1. The van der Waals surface area contributed by atoms with Crippen molar-refractivity contribution in [1.82, 2.24) is 5.32 Å². The first kappa shape index (κ1) is 27.7. The van der Waals surface area contributed by atoms with Crippen molar-refractivity contribution < 1.29 is 19.2 Å². The number of amides is 1. The Morgan fingerprint density at radius 2 is 1.77 bits per heavy atom. The van der Waals surface area contributed by atoms with Crippen LogP contribution in [-0.4, -0.2) is 22.6 Å². The Hall–Kier alpha value is -4.37. The third kappa shape index (κ3) is 7.14. The molecule has 4 rings (SSSR count). The number of allylic oxidation sites excluding steroid dienone is 1. The molecule has 1 saturated heterocycles. The zero-order chi connectivity index (χ0) is 27.8. The molecule has 1 aliphatic heterocycles. The van der Waals surface area contributed by atoms with Crippen LogP contribution in [0, 0.1) is 10.1 Å². The quantitative estimate of drug-likeness (QED) is 0.124. The predicted molar refractivity (Wildman–Crippen MR) is 156 cm³/mol. The Labute approximate surface area is 231 Å². The van der Waals surface area contributed by atoms with Gasteiger partial charge in [0.15, 0.2) is 16.7 Å². The topological polar surface area (TPSA) is 103 Å². The zero-order valence-corrected chi connectivity index (χ0v) is 22.6. The van der Waals surface area contributed by atoms with Crippen LogP contribution in [0.1, 0.15) is 36.1 Å². The molecule has 1 N–H and O–H groups in total. The third-order valence-electron chi connectivity index (χ3n) is 5.87. The maximum absolute atomic E-state index is 12.7. The van der Waals surface area contributed by atoms with E-state index in [1.165, 1.54) is 29.5 Å². The highest BCUT2D eigenvalue weighted by atomic mass is 32.2. The molecular formula is C30H29N3O5S. The van der Waals surface area contributed by atoms with Crippen molar-refractivity contribution in [3.63, 3.8) is 0 Å². The van der Waals surface area contributed by atoms with Gasteiger partial charge in [0, 0.05) is 17.7 Å². The van der Waals surface area contributed by atoms with Crippen molar-refractivity contribution in [3.05, 3.63) is 111 Å². The maximum atomic E-state index is 12.7. The Balaban J connectivity index is 1.58. The molecule has 0 atom stereocenters. The number of benzene rings is 3. The number of rotatable bonds is 11. The van der Waals surface area contributed by atoms with Crippen LogP contribution in [0.5, 0.6) is 11.5 Å². The number of hydrogen-bond donors (Lipinski definition) is 1. The molecule has 3 aromatic carbocycles. The van der Waals surface area contributed by atoms with Crippen LogP contribution in [0.15, 0.2) is 83.2 Å². The van der Waals surface area contributed by atoms with Gasteiger partial charge in [-0.1, -0.05) is 25.1 Å². The van der Waals surface area contributed by atoms with Gasteiger partial charge in [0.1, 0.15) is 6.61 Å². The lowest BCUT2D eigenvalue weighted by molar-refractivity contribution is -0.384. The summed E-state index contributed by atoms with van der Waals surface area (Å²) in [5.41, 5.74) is 4.44. The molecule has 3 aromatic rings. The van der Waals surface area contributed by atoms with E-state index < -0.39 is 4.92 Å².